The number of benzene rings is 1. The zero-order chi connectivity index (χ0) is 18.6. The summed E-state index contributed by atoms with van der Waals surface area (Å²) < 4.78 is 27.4. The van der Waals surface area contributed by atoms with E-state index in [0.29, 0.717) is 37.1 Å². The maximum absolute atomic E-state index is 13.0. The van der Waals surface area contributed by atoms with Crippen LogP contribution in [0, 0.1) is 18.3 Å². The van der Waals surface area contributed by atoms with Gasteiger partial charge in [0, 0.05) is 19.1 Å². The molecule has 136 valence electrons. The summed E-state index contributed by atoms with van der Waals surface area (Å²) in [4.78, 5) is 12.8. The predicted molar refractivity (Wildman–Crippen MR) is 92.6 cm³/mol. The molecule has 0 saturated carbocycles. The molecule has 25 heavy (non-hydrogen) atoms. The van der Waals surface area contributed by atoms with Crippen molar-refractivity contribution in [3.63, 3.8) is 0 Å². The number of sulfonamides is 1. The summed E-state index contributed by atoms with van der Waals surface area (Å²) >= 11 is 0. The molecule has 0 radical (unpaired) electrons. The summed E-state index contributed by atoms with van der Waals surface area (Å²) in [7, 11) is -1.92. The molecule has 0 bridgehead atoms. The van der Waals surface area contributed by atoms with E-state index in [9.17, 15) is 13.2 Å². The third-order valence-electron chi connectivity index (χ3n) is 4.60. The average Bonchev–Trinajstić information content (AvgIpc) is 2.81. The van der Waals surface area contributed by atoms with Crippen molar-refractivity contribution in [3.05, 3.63) is 29.3 Å². The highest BCUT2D eigenvalue weighted by Gasteiger charge is 2.30. The van der Waals surface area contributed by atoms with E-state index in [4.69, 9.17) is 10.4 Å². The molecule has 1 heterocycles. The van der Waals surface area contributed by atoms with Crippen LogP contribution in [-0.4, -0.2) is 61.4 Å². The van der Waals surface area contributed by atoms with E-state index < -0.39 is 16.0 Å². The van der Waals surface area contributed by atoms with Crippen molar-refractivity contribution in [3.8, 4) is 6.07 Å². The Hall–Kier alpha value is -1.95. The maximum atomic E-state index is 13.0. The Bertz CT molecular complexity index is 786. The summed E-state index contributed by atoms with van der Waals surface area (Å²) in [5.74, 6) is -0.889. The molecule has 0 aliphatic carbocycles. The first-order valence-corrected chi connectivity index (χ1v) is 9.62. The Labute approximate surface area is 148 Å². The van der Waals surface area contributed by atoms with E-state index in [-0.39, 0.29) is 17.5 Å². The molecule has 0 spiro atoms. The van der Waals surface area contributed by atoms with E-state index in [1.807, 2.05) is 6.07 Å². The lowest BCUT2D eigenvalue weighted by molar-refractivity contribution is -0.138. The number of nitrogens with zero attached hydrogens (tertiary/aromatic N) is 3. The standard InChI is InChI=1S/C17H23N3O4S/c1-13-5-6-14(11-18)10-16(13)25(23,24)20-8-3-4-15(7-9-20)19(2)12-17(21)22/h5-6,10,15H,3-4,7-9,12H2,1-2H3,(H,21,22). The Kier molecular flexibility index (Phi) is 6.16. The minimum atomic E-state index is -3.67. The molecule has 1 aromatic carbocycles. The van der Waals surface area contributed by atoms with Gasteiger partial charge < -0.3 is 5.11 Å². The second kappa shape index (κ2) is 7.95. The molecule has 1 unspecified atom stereocenters. The number of rotatable bonds is 5. The molecule has 1 aliphatic rings. The lowest BCUT2D eigenvalue weighted by atomic mass is 10.1. The predicted octanol–water partition coefficient (Wildman–Crippen LogP) is 1.43. The van der Waals surface area contributed by atoms with Crippen molar-refractivity contribution in [1.82, 2.24) is 9.21 Å². The molecule has 1 aromatic rings. The van der Waals surface area contributed by atoms with Crippen LogP contribution in [0.5, 0.6) is 0 Å². The second-order valence-corrected chi connectivity index (χ2v) is 8.30. The van der Waals surface area contributed by atoms with Gasteiger partial charge in [0.1, 0.15) is 0 Å². The van der Waals surface area contributed by atoms with E-state index in [1.165, 1.54) is 10.4 Å². The SMILES string of the molecule is Cc1ccc(C#N)cc1S(=O)(=O)N1CCCC(N(C)CC(=O)O)CC1. The van der Waals surface area contributed by atoms with E-state index in [0.717, 1.165) is 6.42 Å². The Morgan fingerprint density at radius 1 is 1.40 bits per heavy atom. The molecular formula is C17H23N3O4S. The number of aryl methyl sites for hydroxylation is 1. The van der Waals surface area contributed by atoms with E-state index >= 15 is 0 Å². The average molecular weight is 365 g/mol. The smallest absolute Gasteiger partial charge is 0.317 e. The molecular weight excluding hydrogens is 342 g/mol. The molecule has 2 rings (SSSR count). The maximum Gasteiger partial charge on any atom is 0.317 e. The number of aliphatic carboxylic acids is 1. The van der Waals surface area contributed by atoms with Crippen LogP contribution in [0.3, 0.4) is 0 Å². The second-order valence-electron chi connectivity index (χ2n) is 6.39. The van der Waals surface area contributed by atoms with Crippen molar-refractivity contribution in [2.24, 2.45) is 0 Å². The van der Waals surface area contributed by atoms with Crippen LogP contribution in [0.25, 0.3) is 0 Å². The summed E-state index contributed by atoms with van der Waals surface area (Å²) in [5.41, 5.74) is 0.931. The first kappa shape index (κ1) is 19.4. The first-order valence-electron chi connectivity index (χ1n) is 8.18. The molecule has 7 nitrogen and oxygen atoms in total. The molecule has 1 atom stereocenters. The van der Waals surface area contributed by atoms with Gasteiger partial charge in [-0.15, -0.1) is 0 Å². The van der Waals surface area contributed by atoms with Gasteiger partial charge in [0.25, 0.3) is 0 Å². The number of likely N-dealkylation sites (N-methyl/N-ethyl adjacent to an activating group) is 1. The highest BCUT2D eigenvalue weighted by molar-refractivity contribution is 7.89. The number of carboxylic acid groups (broad SMARTS) is 1. The van der Waals surface area contributed by atoms with Crippen LogP contribution < -0.4 is 0 Å². The van der Waals surface area contributed by atoms with Gasteiger partial charge in [-0.25, -0.2) is 8.42 Å². The summed E-state index contributed by atoms with van der Waals surface area (Å²) in [6.07, 6.45) is 2.01. The fourth-order valence-corrected chi connectivity index (χ4v) is 4.91. The molecule has 0 aromatic heterocycles. The van der Waals surface area contributed by atoms with Crippen LogP contribution >= 0.6 is 0 Å². The van der Waals surface area contributed by atoms with Crippen molar-refractivity contribution < 1.29 is 18.3 Å². The van der Waals surface area contributed by atoms with Crippen LogP contribution in [-0.2, 0) is 14.8 Å². The van der Waals surface area contributed by atoms with Gasteiger partial charge in [-0.2, -0.15) is 9.57 Å². The van der Waals surface area contributed by atoms with Crippen molar-refractivity contribution in [2.75, 3.05) is 26.7 Å². The van der Waals surface area contributed by atoms with Crippen LogP contribution in [0.15, 0.2) is 23.1 Å². The lowest BCUT2D eigenvalue weighted by Crippen LogP contribution is -2.37. The molecule has 8 heteroatoms. The Balaban J connectivity index is 2.19. The van der Waals surface area contributed by atoms with Crippen molar-refractivity contribution >= 4 is 16.0 Å². The van der Waals surface area contributed by atoms with E-state index in [2.05, 4.69) is 0 Å². The topological polar surface area (TPSA) is 102 Å². The Morgan fingerprint density at radius 2 is 2.12 bits per heavy atom. The van der Waals surface area contributed by atoms with Gasteiger partial charge in [-0.3, -0.25) is 9.69 Å². The fraction of sp³-hybridized carbons (Fsp3) is 0.529. The van der Waals surface area contributed by atoms with Gasteiger partial charge in [-0.1, -0.05) is 6.07 Å². The summed E-state index contributed by atoms with van der Waals surface area (Å²) in [5, 5.41) is 18.0. The summed E-state index contributed by atoms with van der Waals surface area (Å²) in [6, 6.07) is 6.69. The van der Waals surface area contributed by atoms with Gasteiger partial charge in [0.15, 0.2) is 0 Å². The highest BCUT2D eigenvalue weighted by atomic mass is 32.2. The minimum absolute atomic E-state index is 0.0443. The molecule has 1 fully saturated rings. The zero-order valence-corrected chi connectivity index (χ0v) is 15.3. The van der Waals surface area contributed by atoms with Crippen LogP contribution in [0.1, 0.15) is 30.4 Å². The number of carbonyl (C=O) groups is 1. The highest BCUT2D eigenvalue weighted by Crippen LogP contribution is 2.25. The largest absolute Gasteiger partial charge is 0.480 e. The van der Waals surface area contributed by atoms with Gasteiger partial charge >= 0.3 is 5.97 Å². The lowest BCUT2D eigenvalue weighted by Gasteiger charge is -2.25. The monoisotopic (exact) mass is 365 g/mol. The fourth-order valence-electron chi connectivity index (χ4n) is 3.16. The number of hydrogen-bond acceptors (Lipinski definition) is 5. The Morgan fingerprint density at radius 3 is 2.76 bits per heavy atom. The van der Waals surface area contributed by atoms with Gasteiger partial charge in [0.05, 0.1) is 23.1 Å². The third-order valence-corrected chi connectivity index (χ3v) is 6.64. The molecule has 1 N–H and O–H groups in total. The number of carboxylic acids is 1. The quantitative estimate of drug-likeness (QED) is 0.847. The number of nitriles is 1. The minimum Gasteiger partial charge on any atom is -0.480 e. The van der Waals surface area contributed by atoms with Crippen molar-refractivity contribution in [2.45, 2.75) is 37.1 Å². The first-order chi connectivity index (χ1) is 11.8. The van der Waals surface area contributed by atoms with Crippen LogP contribution in [0.2, 0.25) is 0 Å². The third kappa shape index (κ3) is 4.57. The van der Waals surface area contributed by atoms with Gasteiger partial charge in [0.2, 0.25) is 10.0 Å². The molecule has 1 saturated heterocycles. The van der Waals surface area contributed by atoms with Crippen LogP contribution in [0.4, 0.5) is 0 Å². The van der Waals surface area contributed by atoms with Gasteiger partial charge in [-0.05, 0) is 50.9 Å². The molecule has 1 aliphatic heterocycles. The summed E-state index contributed by atoms with van der Waals surface area (Å²) in [6.45, 7) is 2.40. The van der Waals surface area contributed by atoms with E-state index in [1.54, 1.807) is 31.0 Å². The molecule has 0 amide bonds. The van der Waals surface area contributed by atoms with Crippen molar-refractivity contribution in [1.29, 1.82) is 5.26 Å². The zero-order valence-electron chi connectivity index (χ0n) is 14.5. The number of hydrogen-bond donors (Lipinski definition) is 1. The normalized spacial score (nSPS) is 19.4.